The maximum atomic E-state index is 6.04. The van der Waals surface area contributed by atoms with Gasteiger partial charge in [-0.1, -0.05) is 18.2 Å². The summed E-state index contributed by atoms with van der Waals surface area (Å²) in [5.41, 5.74) is 4.14. The van der Waals surface area contributed by atoms with Gasteiger partial charge in [-0.2, -0.15) is 0 Å². The fourth-order valence-electron chi connectivity index (χ4n) is 5.05. The Balaban J connectivity index is 2.03. The predicted molar refractivity (Wildman–Crippen MR) is 85.6 cm³/mol. The van der Waals surface area contributed by atoms with Crippen molar-refractivity contribution in [2.45, 2.75) is 51.2 Å². The van der Waals surface area contributed by atoms with Crippen LogP contribution in [0.3, 0.4) is 0 Å². The van der Waals surface area contributed by atoms with Crippen molar-refractivity contribution in [1.29, 1.82) is 0 Å². The second kappa shape index (κ2) is 4.11. The summed E-state index contributed by atoms with van der Waals surface area (Å²) in [6.07, 6.45) is 1.03. The zero-order valence-corrected chi connectivity index (χ0v) is 13.4. The Kier molecular flexibility index (Phi) is 2.61. The van der Waals surface area contributed by atoms with E-state index in [0.717, 1.165) is 19.6 Å². The molecule has 1 aromatic heterocycles. The molecule has 0 spiro atoms. The lowest BCUT2D eigenvalue weighted by Crippen LogP contribution is -2.69. The zero-order chi connectivity index (χ0) is 14.8. The molecule has 0 aliphatic carbocycles. The molecule has 0 amide bonds. The van der Waals surface area contributed by atoms with E-state index in [2.05, 4.69) is 61.8 Å². The maximum absolute atomic E-state index is 6.04. The molecule has 0 radical (unpaired) electrons. The minimum absolute atomic E-state index is 0.0473. The summed E-state index contributed by atoms with van der Waals surface area (Å²) in [5, 5.41) is 1.35. The molecule has 3 nitrogen and oxygen atoms in total. The maximum Gasteiger partial charge on any atom is 0.0699 e. The van der Waals surface area contributed by atoms with Crippen molar-refractivity contribution < 1.29 is 4.74 Å². The average molecular weight is 284 g/mol. The van der Waals surface area contributed by atoms with Gasteiger partial charge in [-0.05, 0) is 33.8 Å². The normalized spacial score (nSPS) is 32.6. The zero-order valence-electron chi connectivity index (χ0n) is 13.4. The minimum atomic E-state index is -0.0473. The molecule has 3 heterocycles. The van der Waals surface area contributed by atoms with Gasteiger partial charge in [0.05, 0.1) is 18.8 Å². The first kappa shape index (κ1) is 13.4. The average Bonchev–Trinajstić information content (AvgIpc) is 2.74. The van der Waals surface area contributed by atoms with Crippen LogP contribution in [0.25, 0.3) is 10.9 Å². The molecule has 2 unspecified atom stereocenters. The highest BCUT2D eigenvalue weighted by Gasteiger charge is 2.55. The Bertz CT molecular complexity index is 704. The number of nitrogens with zero attached hydrogens (tertiary/aromatic N) is 1. The first-order chi connectivity index (χ1) is 9.96. The molecule has 2 aromatic rings. The standard InChI is InChI=1S/C18H24N2O/c1-12(2)20-17(3)9-15-16(18(20,4)11-21-10-17)13-7-5-6-8-14(13)19-15/h5-8,12,19H,9-11H2,1-4H3. The van der Waals surface area contributed by atoms with Gasteiger partial charge < -0.3 is 9.72 Å². The van der Waals surface area contributed by atoms with E-state index in [4.69, 9.17) is 4.74 Å². The van der Waals surface area contributed by atoms with Crippen LogP contribution in [0.1, 0.15) is 39.0 Å². The third-order valence-electron chi connectivity index (χ3n) is 5.31. The third kappa shape index (κ3) is 1.62. The third-order valence-corrected chi connectivity index (χ3v) is 5.31. The van der Waals surface area contributed by atoms with Gasteiger partial charge in [0, 0.05) is 40.2 Å². The number of hydrogen-bond donors (Lipinski definition) is 1. The summed E-state index contributed by atoms with van der Waals surface area (Å²) >= 11 is 0. The largest absolute Gasteiger partial charge is 0.377 e. The number of para-hydroxylation sites is 1. The first-order valence-electron chi connectivity index (χ1n) is 7.93. The van der Waals surface area contributed by atoms with E-state index in [1.165, 1.54) is 22.2 Å². The number of aromatic amines is 1. The molecule has 1 aromatic carbocycles. The number of aromatic nitrogens is 1. The molecule has 3 heteroatoms. The minimum Gasteiger partial charge on any atom is -0.377 e. The van der Waals surface area contributed by atoms with Gasteiger partial charge in [0.15, 0.2) is 0 Å². The smallest absolute Gasteiger partial charge is 0.0699 e. The Hall–Kier alpha value is -1.32. The van der Waals surface area contributed by atoms with Gasteiger partial charge >= 0.3 is 0 Å². The SMILES string of the molecule is CC(C)N1C2(C)COCC1(C)c1c([nH]c3ccccc13)C2. The fraction of sp³-hybridized carbons (Fsp3) is 0.556. The lowest BCUT2D eigenvalue weighted by atomic mass is 9.73. The molecular weight excluding hydrogens is 260 g/mol. The Morgan fingerprint density at radius 3 is 2.71 bits per heavy atom. The number of rotatable bonds is 1. The van der Waals surface area contributed by atoms with Gasteiger partial charge in [-0.3, -0.25) is 4.90 Å². The first-order valence-corrected chi connectivity index (χ1v) is 7.93. The molecule has 2 atom stereocenters. The molecular formula is C18H24N2O. The van der Waals surface area contributed by atoms with Crippen molar-refractivity contribution in [2.24, 2.45) is 0 Å². The molecule has 2 aliphatic heterocycles. The molecule has 21 heavy (non-hydrogen) atoms. The Morgan fingerprint density at radius 2 is 1.95 bits per heavy atom. The van der Waals surface area contributed by atoms with E-state index in [1.54, 1.807) is 0 Å². The van der Waals surface area contributed by atoms with Crippen molar-refractivity contribution >= 4 is 10.9 Å². The molecule has 0 saturated carbocycles. The molecule has 1 saturated heterocycles. The second-order valence-electron chi connectivity index (χ2n) is 7.43. The molecule has 2 bridgehead atoms. The van der Waals surface area contributed by atoms with Crippen molar-refractivity contribution in [3.8, 4) is 0 Å². The highest BCUT2D eigenvalue weighted by molar-refractivity contribution is 5.86. The lowest BCUT2D eigenvalue weighted by Gasteiger charge is -2.60. The monoisotopic (exact) mass is 284 g/mol. The number of ether oxygens (including phenoxy) is 1. The van der Waals surface area contributed by atoms with Gasteiger partial charge in [0.2, 0.25) is 0 Å². The fourth-order valence-corrected chi connectivity index (χ4v) is 5.05. The van der Waals surface area contributed by atoms with Crippen molar-refractivity contribution in [3.63, 3.8) is 0 Å². The second-order valence-corrected chi connectivity index (χ2v) is 7.43. The van der Waals surface area contributed by atoms with E-state index >= 15 is 0 Å². The van der Waals surface area contributed by atoms with Crippen LogP contribution in [0.5, 0.6) is 0 Å². The van der Waals surface area contributed by atoms with E-state index in [-0.39, 0.29) is 11.1 Å². The summed E-state index contributed by atoms with van der Waals surface area (Å²) in [6.45, 7) is 10.9. The Labute approximate surface area is 126 Å². The van der Waals surface area contributed by atoms with Crippen LogP contribution in [0.15, 0.2) is 24.3 Å². The number of hydrogen-bond acceptors (Lipinski definition) is 2. The summed E-state index contributed by atoms with van der Waals surface area (Å²) < 4.78 is 6.04. The van der Waals surface area contributed by atoms with Crippen LogP contribution in [-0.4, -0.2) is 34.7 Å². The van der Waals surface area contributed by atoms with Gasteiger partial charge in [0.1, 0.15) is 0 Å². The summed E-state index contributed by atoms with van der Waals surface area (Å²) in [7, 11) is 0. The molecule has 112 valence electrons. The van der Waals surface area contributed by atoms with E-state index in [1.807, 2.05) is 0 Å². The highest BCUT2D eigenvalue weighted by Crippen LogP contribution is 2.49. The van der Waals surface area contributed by atoms with Gasteiger partial charge in [-0.25, -0.2) is 0 Å². The van der Waals surface area contributed by atoms with Crippen LogP contribution < -0.4 is 0 Å². The summed E-state index contributed by atoms with van der Waals surface area (Å²) in [5.74, 6) is 0. The van der Waals surface area contributed by atoms with Crippen LogP contribution >= 0.6 is 0 Å². The summed E-state index contributed by atoms with van der Waals surface area (Å²) in [6, 6.07) is 9.18. The molecule has 1 fully saturated rings. The number of morpholine rings is 1. The van der Waals surface area contributed by atoms with Gasteiger partial charge in [-0.15, -0.1) is 0 Å². The van der Waals surface area contributed by atoms with Crippen LogP contribution in [0, 0.1) is 0 Å². The van der Waals surface area contributed by atoms with Crippen LogP contribution in [0.2, 0.25) is 0 Å². The number of benzene rings is 1. The lowest BCUT2D eigenvalue weighted by molar-refractivity contribution is -0.167. The predicted octanol–water partition coefficient (Wildman–Crippen LogP) is 3.44. The Morgan fingerprint density at radius 1 is 1.19 bits per heavy atom. The molecule has 4 rings (SSSR count). The van der Waals surface area contributed by atoms with E-state index < -0.39 is 0 Å². The summed E-state index contributed by atoms with van der Waals surface area (Å²) in [4.78, 5) is 6.36. The number of nitrogens with one attached hydrogen (secondary N) is 1. The quantitative estimate of drug-likeness (QED) is 0.869. The van der Waals surface area contributed by atoms with Crippen LogP contribution in [0.4, 0.5) is 0 Å². The van der Waals surface area contributed by atoms with Crippen LogP contribution in [-0.2, 0) is 16.7 Å². The number of fused-ring (bicyclic) bond motifs is 6. The van der Waals surface area contributed by atoms with E-state index in [0.29, 0.717) is 6.04 Å². The van der Waals surface area contributed by atoms with Crippen molar-refractivity contribution in [1.82, 2.24) is 9.88 Å². The highest BCUT2D eigenvalue weighted by atomic mass is 16.5. The topological polar surface area (TPSA) is 28.3 Å². The van der Waals surface area contributed by atoms with E-state index in [9.17, 15) is 0 Å². The van der Waals surface area contributed by atoms with Crippen molar-refractivity contribution in [3.05, 3.63) is 35.5 Å². The number of H-pyrrole nitrogens is 1. The van der Waals surface area contributed by atoms with Gasteiger partial charge in [0.25, 0.3) is 0 Å². The molecule has 1 N–H and O–H groups in total. The molecule has 2 aliphatic rings. The van der Waals surface area contributed by atoms with Crippen molar-refractivity contribution in [2.75, 3.05) is 13.2 Å².